The molecule has 19 heavy (non-hydrogen) atoms. The summed E-state index contributed by atoms with van der Waals surface area (Å²) in [7, 11) is 1.38. The topological polar surface area (TPSA) is 44.1 Å². The van der Waals surface area contributed by atoms with Crippen LogP contribution in [0.3, 0.4) is 0 Å². The predicted octanol–water partition coefficient (Wildman–Crippen LogP) is 2.81. The molecule has 2 heterocycles. The third-order valence-corrected chi connectivity index (χ3v) is 3.68. The van der Waals surface area contributed by atoms with Gasteiger partial charge in [0.25, 0.3) is 0 Å². The number of unbranched alkanes of at least 4 members (excludes halogenated alkanes) is 1. The molecule has 2 aromatic rings. The molecule has 0 bridgehead atoms. The normalized spacial score (nSPS) is 10.1. The van der Waals surface area contributed by atoms with Gasteiger partial charge in [0, 0.05) is 19.2 Å². The molecule has 0 aliphatic carbocycles. The molecule has 4 nitrogen and oxygen atoms in total. The average molecular weight is 274 g/mol. The zero-order chi connectivity index (χ0) is 13.7. The van der Waals surface area contributed by atoms with Gasteiger partial charge in [0.05, 0.1) is 12.0 Å². The summed E-state index contributed by atoms with van der Waals surface area (Å²) < 4.78 is 6.55. The fourth-order valence-corrected chi connectivity index (χ4v) is 2.54. The van der Waals surface area contributed by atoms with Crippen LogP contribution in [0.1, 0.15) is 22.5 Å². The van der Waals surface area contributed by atoms with Gasteiger partial charge in [0.15, 0.2) is 0 Å². The molecule has 2 aromatic heterocycles. The lowest BCUT2D eigenvalue weighted by Gasteiger charge is -1.97. The molecule has 2 rings (SSSR count). The number of methoxy groups -OCH3 is 1. The summed E-state index contributed by atoms with van der Waals surface area (Å²) in [6.07, 6.45) is 8.79. The lowest BCUT2D eigenvalue weighted by Crippen LogP contribution is -1.98. The number of hydrogen-bond donors (Lipinski definition) is 0. The van der Waals surface area contributed by atoms with Crippen LogP contribution in [0.25, 0.3) is 10.6 Å². The Kier molecular flexibility index (Phi) is 4.37. The van der Waals surface area contributed by atoms with E-state index in [1.165, 1.54) is 18.4 Å². The molecule has 0 aromatic carbocycles. The zero-order valence-corrected chi connectivity index (χ0v) is 11.4. The van der Waals surface area contributed by atoms with Crippen molar-refractivity contribution in [1.82, 2.24) is 9.78 Å². The molecule has 0 radical (unpaired) electrons. The summed E-state index contributed by atoms with van der Waals surface area (Å²) in [5.41, 5.74) is 0.862. The maximum Gasteiger partial charge on any atom is 0.348 e. The Morgan fingerprint density at radius 1 is 1.53 bits per heavy atom. The van der Waals surface area contributed by atoms with E-state index in [4.69, 9.17) is 6.42 Å². The Morgan fingerprint density at radius 2 is 2.37 bits per heavy atom. The second-order valence-corrected chi connectivity index (χ2v) is 5.01. The molecule has 0 aliphatic rings. The van der Waals surface area contributed by atoms with Crippen molar-refractivity contribution in [3.05, 3.63) is 29.3 Å². The number of aromatic nitrogens is 2. The quantitative estimate of drug-likeness (QED) is 0.478. The minimum absolute atomic E-state index is 0.315. The average Bonchev–Trinajstić information content (AvgIpc) is 3.06. The minimum Gasteiger partial charge on any atom is -0.465 e. The van der Waals surface area contributed by atoms with Crippen LogP contribution >= 0.6 is 11.3 Å². The van der Waals surface area contributed by atoms with Crippen molar-refractivity contribution in [3.63, 3.8) is 0 Å². The van der Waals surface area contributed by atoms with Gasteiger partial charge in [-0.2, -0.15) is 5.10 Å². The number of esters is 1. The fourth-order valence-electron chi connectivity index (χ4n) is 1.65. The molecule has 0 fully saturated rings. The molecular formula is C14H14N2O2S. The molecule has 0 atom stereocenters. The standard InChI is InChI=1S/C14H14N2O2S/c1-3-4-5-9-16-10-8-11(15-16)12-6-7-13(19-12)14(17)18-2/h1,6-8,10H,4-5,9H2,2H3. The summed E-state index contributed by atoms with van der Waals surface area (Å²) in [6, 6.07) is 5.57. The number of thiophene rings is 1. The van der Waals surface area contributed by atoms with E-state index in [1.54, 1.807) is 6.07 Å². The molecule has 0 saturated carbocycles. The van der Waals surface area contributed by atoms with Crippen LogP contribution < -0.4 is 0 Å². The maximum atomic E-state index is 11.4. The SMILES string of the molecule is C#CCCCn1ccc(-c2ccc(C(=O)OC)s2)n1. The van der Waals surface area contributed by atoms with Gasteiger partial charge in [-0.3, -0.25) is 4.68 Å². The van der Waals surface area contributed by atoms with Gasteiger partial charge in [0.1, 0.15) is 10.6 Å². The van der Waals surface area contributed by atoms with Crippen molar-refractivity contribution in [2.75, 3.05) is 7.11 Å². The highest BCUT2D eigenvalue weighted by Gasteiger charge is 2.11. The summed E-state index contributed by atoms with van der Waals surface area (Å²) in [6.45, 7) is 0.805. The highest BCUT2D eigenvalue weighted by molar-refractivity contribution is 7.17. The van der Waals surface area contributed by atoms with Crippen molar-refractivity contribution < 1.29 is 9.53 Å². The summed E-state index contributed by atoms with van der Waals surface area (Å²) in [5, 5.41) is 4.46. The third kappa shape index (κ3) is 3.24. The number of carbonyl (C=O) groups excluding carboxylic acids is 1. The number of terminal acetylenes is 1. The van der Waals surface area contributed by atoms with Crippen LogP contribution in [-0.4, -0.2) is 22.9 Å². The number of rotatable bonds is 5. The van der Waals surface area contributed by atoms with E-state index >= 15 is 0 Å². The smallest absolute Gasteiger partial charge is 0.348 e. The van der Waals surface area contributed by atoms with Gasteiger partial charge in [-0.05, 0) is 24.6 Å². The van der Waals surface area contributed by atoms with Crippen molar-refractivity contribution >= 4 is 17.3 Å². The lowest BCUT2D eigenvalue weighted by molar-refractivity contribution is 0.0606. The highest BCUT2D eigenvalue weighted by atomic mass is 32.1. The molecule has 98 valence electrons. The van der Waals surface area contributed by atoms with Gasteiger partial charge >= 0.3 is 5.97 Å². The van der Waals surface area contributed by atoms with Crippen molar-refractivity contribution in [3.8, 4) is 22.9 Å². The summed E-state index contributed by atoms with van der Waals surface area (Å²) in [4.78, 5) is 12.9. The second kappa shape index (κ2) is 6.21. The van der Waals surface area contributed by atoms with Gasteiger partial charge in [-0.25, -0.2) is 4.79 Å². The van der Waals surface area contributed by atoms with E-state index < -0.39 is 0 Å². The number of hydrogen-bond acceptors (Lipinski definition) is 4. The first kappa shape index (κ1) is 13.4. The first-order valence-corrected chi connectivity index (χ1v) is 6.71. The summed E-state index contributed by atoms with van der Waals surface area (Å²) >= 11 is 1.38. The Balaban J connectivity index is 2.08. The number of carbonyl (C=O) groups is 1. The number of aryl methyl sites for hydroxylation is 1. The molecule has 0 N–H and O–H groups in total. The van der Waals surface area contributed by atoms with Crippen molar-refractivity contribution in [2.24, 2.45) is 0 Å². The van der Waals surface area contributed by atoms with Crippen LogP contribution in [0.5, 0.6) is 0 Å². The second-order valence-electron chi connectivity index (χ2n) is 3.93. The van der Waals surface area contributed by atoms with E-state index in [-0.39, 0.29) is 5.97 Å². The monoisotopic (exact) mass is 274 g/mol. The Morgan fingerprint density at radius 3 is 3.11 bits per heavy atom. The van der Waals surface area contributed by atoms with E-state index in [0.717, 1.165) is 30.0 Å². The van der Waals surface area contributed by atoms with Gasteiger partial charge < -0.3 is 4.74 Å². The third-order valence-electron chi connectivity index (χ3n) is 2.59. The van der Waals surface area contributed by atoms with Crippen LogP contribution in [0, 0.1) is 12.3 Å². The molecular weight excluding hydrogens is 260 g/mol. The molecule has 0 aliphatic heterocycles. The largest absolute Gasteiger partial charge is 0.465 e. The van der Waals surface area contributed by atoms with Crippen LogP contribution in [0.4, 0.5) is 0 Å². The van der Waals surface area contributed by atoms with Gasteiger partial charge in [0.2, 0.25) is 0 Å². The number of ether oxygens (including phenoxy) is 1. The predicted molar refractivity (Wildman–Crippen MR) is 74.9 cm³/mol. The maximum absolute atomic E-state index is 11.4. The van der Waals surface area contributed by atoms with E-state index in [9.17, 15) is 4.79 Å². The number of nitrogens with zero attached hydrogens (tertiary/aromatic N) is 2. The molecule has 0 spiro atoms. The zero-order valence-electron chi connectivity index (χ0n) is 10.6. The Bertz CT molecular complexity index is 607. The first-order valence-electron chi connectivity index (χ1n) is 5.90. The highest BCUT2D eigenvalue weighted by Crippen LogP contribution is 2.27. The van der Waals surface area contributed by atoms with E-state index in [1.807, 2.05) is 23.0 Å². The van der Waals surface area contributed by atoms with Crippen LogP contribution in [-0.2, 0) is 11.3 Å². The van der Waals surface area contributed by atoms with E-state index in [2.05, 4.69) is 15.8 Å². The van der Waals surface area contributed by atoms with Gasteiger partial charge in [-0.1, -0.05) is 0 Å². The Hall–Kier alpha value is -2.06. The molecule has 0 unspecified atom stereocenters. The van der Waals surface area contributed by atoms with Gasteiger partial charge in [-0.15, -0.1) is 23.7 Å². The Labute approximate surface area is 116 Å². The van der Waals surface area contributed by atoms with Crippen LogP contribution in [0.2, 0.25) is 0 Å². The van der Waals surface area contributed by atoms with Crippen molar-refractivity contribution in [2.45, 2.75) is 19.4 Å². The molecule has 0 amide bonds. The van der Waals surface area contributed by atoms with Crippen LogP contribution in [0.15, 0.2) is 24.4 Å². The first-order chi connectivity index (χ1) is 9.24. The fraction of sp³-hybridized carbons (Fsp3) is 0.286. The van der Waals surface area contributed by atoms with Crippen molar-refractivity contribution in [1.29, 1.82) is 0 Å². The summed E-state index contributed by atoms with van der Waals surface area (Å²) in [5.74, 6) is 2.29. The molecule has 0 saturated heterocycles. The van der Waals surface area contributed by atoms with E-state index in [0.29, 0.717) is 4.88 Å². The lowest BCUT2D eigenvalue weighted by atomic mass is 10.3. The minimum atomic E-state index is -0.315. The molecule has 5 heteroatoms.